The average Bonchev–Trinajstić information content (AvgIpc) is 2.68. The van der Waals surface area contributed by atoms with Crippen molar-refractivity contribution in [2.24, 2.45) is 0 Å². The monoisotopic (exact) mass is 384 g/mol. The lowest BCUT2D eigenvalue weighted by molar-refractivity contribution is 0.208. The van der Waals surface area contributed by atoms with E-state index in [2.05, 4.69) is 42.3 Å². The van der Waals surface area contributed by atoms with Crippen molar-refractivity contribution in [1.29, 1.82) is 0 Å². The van der Waals surface area contributed by atoms with Gasteiger partial charge in [0.15, 0.2) is 11.5 Å². The van der Waals surface area contributed by atoms with E-state index in [4.69, 9.17) is 14.2 Å². The number of piperidine rings is 1. The summed E-state index contributed by atoms with van der Waals surface area (Å²) in [7, 11) is 5.01. The standard InChI is InChI=1S/C23H32N2O3/c1-16-10-17(2)12-20(11-16)24-19-6-8-25(9-7-19)15-18-13-22(27-4)23(28-5)14-21(18)26-3/h10-14,19,24H,6-9,15H2,1-5H3. The van der Waals surface area contributed by atoms with E-state index < -0.39 is 0 Å². The normalized spacial score (nSPS) is 15.3. The molecule has 152 valence electrons. The summed E-state index contributed by atoms with van der Waals surface area (Å²) in [5, 5.41) is 3.71. The molecule has 1 N–H and O–H groups in total. The number of hydrogen-bond donors (Lipinski definition) is 1. The number of aryl methyl sites for hydroxylation is 2. The first kappa shape index (κ1) is 20.3. The van der Waals surface area contributed by atoms with Gasteiger partial charge < -0.3 is 19.5 Å². The van der Waals surface area contributed by atoms with Gasteiger partial charge in [0.2, 0.25) is 0 Å². The minimum Gasteiger partial charge on any atom is -0.496 e. The lowest BCUT2D eigenvalue weighted by Gasteiger charge is -2.33. The SMILES string of the molecule is COc1cc(OC)c(OC)cc1CN1CCC(Nc2cc(C)cc(C)c2)CC1. The van der Waals surface area contributed by atoms with Gasteiger partial charge in [-0.15, -0.1) is 0 Å². The Hall–Kier alpha value is -2.40. The molecule has 0 radical (unpaired) electrons. The van der Waals surface area contributed by atoms with Gasteiger partial charge in [-0.25, -0.2) is 0 Å². The van der Waals surface area contributed by atoms with Crippen LogP contribution in [0.25, 0.3) is 0 Å². The Balaban J connectivity index is 1.61. The molecule has 5 nitrogen and oxygen atoms in total. The maximum absolute atomic E-state index is 5.58. The van der Waals surface area contributed by atoms with Crippen LogP contribution in [-0.4, -0.2) is 45.4 Å². The fourth-order valence-corrected chi connectivity index (χ4v) is 3.99. The van der Waals surface area contributed by atoms with E-state index in [1.165, 1.54) is 16.8 Å². The zero-order valence-electron chi connectivity index (χ0n) is 17.7. The highest BCUT2D eigenvalue weighted by Gasteiger charge is 2.21. The Kier molecular flexibility index (Phi) is 6.68. The van der Waals surface area contributed by atoms with Crippen LogP contribution in [0.15, 0.2) is 30.3 Å². The Morgan fingerprint density at radius 3 is 1.96 bits per heavy atom. The molecule has 5 heteroatoms. The molecule has 0 atom stereocenters. The molecular formula is C23H32N2O3. The number of benzene rings is 2. The van der Waals surface area contributed by atoms with E-state index in [1.807, 2.05) is 12.1 Å². The Morgan fingerprint density at radius 1 is 0.821 bits per heavy atom. The third-order valence-electron chi connectivity index (χ3n) is 5.36. The third-order valence-corrected chi connectivity index (χ3v) is 5.36. The van der Waals surface area contributed by atoms with E-state index in [-0.39, 0.29) is 0 Å². The summed E-state index contributed by atoms with van der Waals surface area (Å²) in [6.45, 7) is 7.26. The second kappa shape index (κ2) is 9.20. The summed E-state index contributed by atoms with van der Waals surface area (Å²) in [6, 6.07) is 11.1. The summed E-state index contributed by atoms with van der Waals surface area (Å²) in [5.74, 6) is 2.28. The molecule has 2 aromatic carbocycles. The van der Waals surface area contributed by atoms with E-state index in [0.717, 1.165) is 49.5 Å². The number of anilines is 1. The summed E-state index contributed by atoms with van der Waals surface area (Å²) >= 11 is 0. The first-order valence-corrected chi connectivity index (χ1v) is 9.88. The maximum atomic E-state index is 5.58. The molecule has 1 aliphatic rings. The van der Waals surface area contributed by atoms with Crippen LogP contribution in [0.4, 0.5) is 5.69 Å². The van der Waals surface area contributed by atoms with Crippen LogP contribution < -0.4 is 19.5 Å². The molecule has 0 bridgehead atoms. The zero-order chi connectivity index (χ0) is 20.1. The molecule has 0 aliphatic carbocycles. The lowest BCUT2D eigenvalue weighted by Crippen LogP contribution is -2.38. The summed E-state index contributed by atoms with van der Waals surface area (Å²) in [4.78, 5) is 2.48. The van der Waals surface area contributed by atoms with Gasteiger partial charge in [0, 0.05) is 43.0 Å². The van der Waals surface area contributed by atoms with Gasteiger partial charge in [-0.05, 0) is 56.0 Å². The highest BCUT2D eigenvalue weighted by molar-refractivity contribution is 5.51. The second-order valence-corrected chi connectivity index (χ2v) is 7.59. The van der Waals surface area contributed by atoms with Crippen LogP contribution in [0.2, 0.25) is 0 Å². The molecule has 0 unspecified atom stereocenters. The van der Waals surface area contributed by atoms with Crippen LogP contribution in [-0.2, 0) is 6.54 Å². The molecule has 0 amide bonds. The van der Waals surface area contributed by atoms with Crippen LogP contribution in [0, 0.1) is 13.8 Å². The molecule has 1 aliphatic heterocycles. The molecule has 0 spiro atoms. The van der Waals surface area contributed by atoms with Crippen LogP contribution >= 0.6 is 0 Å². The van der Waals surface area contributed by atoms with Crippen molar-refractivity contribution in [3.63, 3.8) is 0 Å². The molecular weight excluding hydrogens is 352 g/mol. The van der Waals surface area contributed by atoms with Crippen molar-refractivity contribution in [2.45, 2.75) is 39.3 Å². The number of nitrogens with one attached hydrogen (secondary N) is 1. The molecule has 3 rings (SSSR count). The van der Waals surface area contributed by atoms with Crippen LogP contribution in [0.1, 0.15) is 29.5 Å². The third kappa shape index (κ3) is 4.90. The van der Waals surface area contributed by atoms with Gasteiger partial charge in [-0.1, -0.05) is 6.07 Å². The molecule has 0 saturated carbocycles. The van der Waals surface area contributed by atoms with Gasteiger partial charge in [0.25, 0.3) is 0 Å². The topological polar surface area (TPSA) is 43.0 Å². The smallest absolute Gasteiger partial charge is 0.164 e. The van der Waals surface area contributed by atoms with Crippen molar-refractivity contribution in [1.82, 2.24) is 4.90 Å². The van der Waals surface area contributed by atoms with Crippen molar-refractivity contribution >= 4 is 5.69 Å². The second-order valence-electron chi connectivity index (χ2n) is 7.59. The predicted octanol–water partition coefficient (Wildman–Crippen LogP) is 4.41. The average molecular weight is 385 g/mol. The highest BCUT2D eigenvalue weighted by atomic mass is 16.5. The maximum Gasteiger partial charge on any atom is 0.164 e. The molecule has 1 saturated heterocycles. The van der Waals surface area contributed by atoms with Crippen molar-refractivity contribution < 1.29 is 14.2 Å². The van der Waals surface area contributed by atoms with Crippen molar-refractivity contribution in [3.8, 4) is 17.2 Å². The summed E-state index contributed by atoms with van der Waals surface area (Å²) in [5.41, 5.74) is 4.97. The minimum absolute atomic E-state index is 0.518. The van der Waals surface area contributed by atoms with Gasteiger partial charge in [-0.2, -0.15) is 0 Å². The minimum atomic E-state index is 0.518. The van der Waals surface area contributed by atoms with Crippen LogP contribution in [0.5, 0.6) is 17.2 Å². The first-order chi connectivity index (χ1) is 13.5. The van der Waals surface area contributed by atoms with E-state index >= 15 is 0 Å². The number of ether oxygens (including phenoxy) is 3. The molecule has 1 heterocycles. The number of likely N-dealkylation sites (tertiary alicyclic amines) is 1. The van der Waals surface area contributed by atoms with Crippen molar-refractivity contribution in [2.75, 3.05) is 39.7 Å². The van der Waals surface area contributed by atoms with Crippen LogP contribution in [0.3, 0.4) is 0 Å². The van der Waals surface area contributed by atoms with E-state index in [0.29, 0.717) is 11.8 Å². The summed E-state index contributed by atoms with van der Waals surface area (Å²) in [6.07, 6.45) is 2.26. The van der Waals surface area contributed by atoms with Gasteiger partial charge >= 0.3 is 0 Å². The number of methoxy groups -OCH3 is 3. The quantitative estimate of drug-likeness (QED) is 0.766. The first-order valence-electron chi connectivity index (χ1n) is 9.88. The van der Waals surface area contributed by atoms with Crippen molar-refractivity contribution in [3.05, 3.63) is 47.0 Å². The fourth-order valence-electron chi connectivity index (χ4n) is 3.99. The lowest BCUT2D eigenvalue weighted by atomic mass is 10.0. The number of hydrogen-bond acceptors (Lipinski definition) is 5. The molecule has 0 aromatic heterocycles. The Labute approximate surface area is 168 Å². The molecule has 2 aromatic rings. The predicted molar refractivity (Wildman–Crippen MR) is 114 cm³/mol. The van der Waals surface area contributed by atoms with E-state index in [1.54, 1.807) is 21.3 Å². The van der Waals surface area contributed by atoms with Gasteiger partial charge in [-0.3, -0.25) is 4.90 Å². The Bertz CT molecular complexity index is 778. The largest absolute Gasteiger partial charge is 0.496 e. The van der Waals surface area contributed by atoms with Gasteiger partial charge in [0.05, 0.1) is 21.3 Å². The zero-order valence-corrected chi connectivity index (χ0v) is 17.7. The van der Waals surface area contributed by atoms with Gasteiger partial charge in [0.1, 0.15) is 5.75 Å². The number of rotatable bonds is 7. The summed E-state index contributed by atoms with van der Waals surface area (Å²) < 4.78 is 16.4. The Morgan fingerprint density at radius 2 is 1.39 bits per heavy atom. The fraction of sp³-hybridized carbons (Fsp3) is 0.478. The molecule has 28 heavy (non-hydrogen) atoms. The number of nitrogens with zero attached hydrogens (tertiary/aromatic N) is 1. The molecule has 1 fully saturated rings. The van der Waals surface area contributed by atoms with E-state index in [9.17, 15) is 0 Å². The highest BCUT2D eigenvalue weighted by Crippen LogP contribution is 2.35.